The van der Waals surface area contributed by atoms with Gasteiger partial charge in [-0.05, 0) is 49.8 Å². The second-order valence-corrected chi connectivity index (χ2v) is 7.66. The van der Waals surface area contributed by atoms with Gasteiger partial charge in [-0.1, -0.05) is 0 Å². The fourth-order valence-electron chi connectivity index (χ4n) is 3.39. The molecular formula is C19H26N4O4S. The molecule has 1 aromatic carbocycles. The first kappa shape index (κ1) is 20.5. The molecule has 0 aliphatic carbocycles. The summed E-state index contributed by atoms with van der Waals surface area (Å²) < 4.78 is 10.9. The second kappa shape index (κ2) is 9.31. The summed E-state index contributed by atoms with van der Waals surface area (Å²) in [5.74, 6) is 0.821. The van der Waals surface area contributed by atoms with Crippen LogP contribution < -0.4 is 30.7 Å². The number of nitrogens with zero attached hydrogens (tertiary/aromatic N) is 1. The van der Waals surface area contributed by atoms with Gasteiger partial charge in [0.25, 0.3) is 11.1 Å². The van der Waals surface area contributed by atoms with Crippen molar-refractivity contribution in [3.63, 3.8) is 0 Å². The molecule has 2 amide bonds. The molecule has 8 nitrogen and oxygen atoms in total. The first-order valence-electron chi connectivity index (χ1n) is 9.25. The zero-order valence-corrected chi connectivity index (χ0v) is 16.9. The third-order valence-electron chi connectivity index (χ3n) is 4.80. The molecule has 4 N–H and O–H groups in total. The Kier molecular flexibility index (Phi) is 6.82. The van der Waals surface area contributed by atoms with Crippen LogP contribution >= 0.6 is 11.8 Å². The number of benzene rings is 1. The number of imide groups is 1. The van der Waals surface area contributed by atoms with E-state index in [1.165, 1.54) is 0 Å². The van der Waals surface area contributed by atoms with Gasteiger partial charge in [-0.3, -0.25) is 14.9 Å². The maximum Gasteiger partial charge on any atom is 0.290 e. The highest BCUT2D eigenvalue weighted by molar-refractivity contribution is 8.18. The number of carbonyl (C=O) groups is 2. The average molecular weight is 407 g/mol. The highest BCUT2D eigenvalue weighted by Gasteiger charge is 2.28. The molecule has 0 saturated carbocycles. The molecule has 2 saturated heterocycles. The van der Waals surface area contributed by atoms with Crippen LogP contribution in [0.2, 0.25) is 0 Å². The molecule has 0 aromatic heterocycles. The van der Waals surface area contributed by atoms with Crippen LogP contribution in [0.4, 0.5) is 10.5 Å². The van der Waals surface area contributed by atoms with E-state index < -0.39 is 0 Å². The lowest BCUT2D eigenvalue weighted by Crippen LogP contribution is -2.34. The van der Waals surface area contributed by atoms with E-state index in [-0.39, 0.29) is 11.1 Å². The summed E-state index contributed by atoms with van der Waals surface area (Å²) >= 11 is 0.904. The van der Waals surface area contributed by atoms with Gasteiger partial charge < -0.3 is 25.4 Å². The summed E-state index contributed by atoms with van der Waals surface area (Å²) in [7, 11) is 3.17. The summed E-state index contributed by atoms with van der Waals surface area (Å²) in [5.41, 5.74) is 7.33. The van der Waals surface area contributed by atoms with Gasteiger partial charge >= 0.3 is 0 Å². The molecule has 2 heterocycles. The maximum atomic E-state index is 12.0. The topological polar surface area (TPSA) is 106 Å². The van der Waals surface area contributed by atoms with E-state index in [0.29, 0.717) is 29.0 Å². The van der Waals surface area contributed by atoms with Crippen molar-refractivity contribution in [2.45, 2.75) is 18.9 Å². The molecule has 3 rings (SSSR count). The molecule has 1 atom stereocenters. The molecule has 152 valence electrons. The first-order valence-corrected chi connectivity index (χ1v) is 10.1. The fraction of sp³-hybridized carbons (Fsp3) is 0.474. The SMILES string of the molecule is COc1cc(/C=C2\SC(=O)NC2=O)c(N2CCC(NCCCN)C2)cc1OC. The van der Waals surface area contributed by atoms with Gasteiger partial charge in [0.1, 0.15) is 0 Å². The van der Waals surface area contributed by atoms with Crippen LogP contribution in [0.5, 0.6) is 11.5 Å². The number of nitrogens with one attached hydrogen (secondary N) is 2. The standard InChI is InChI=1S/C19H26N4O4S/c1-26-15-8-12(9-17-18(24)22-19(25)28-17)14(10-16(15)27-2)23-7-4-13(11-23)21-6-3-5-20/h8-10,13,21H,3-7,11,20H2,1-2H3,(H,22,24,25)/b17-9-. The Morgan fingerprint density at radius 2 is 2.07 bits per heavy atom. The molecule has 9 heteroatoms. The van der Waals surface area contributed by atoms with Gasteiger partial charge in [0, 0.05) is 36.4 Å². The van der Waals surface area contributed by atoms with E-state index in [2.05, 4.69) is 15.5 Å². The van der Waals surface area contributed by atoms with Crippen molar-refractivity contribution in [1.82, 2.24) is 10.6 Å². The third kappa shape index (κ3) is 4.60. The van der Waals surface area contributed by atoms with E-state index in [4.69, 9.17) is 15.2 Å². The predicted octanol–water partition coefficient (Wildman–Crippen LogP) is 1.54. The van der Waals surface area contributed by atoms with Crippen molar-refractivity contribution in [1.29, 1.82) is 0 Å². The van der Waals surface area contributed by atoms with Gasteiger partial charge in [0.15, 0.2) is 11.5 Å². The number of ether oxygens (including phenoxy) is 2. The Labute approximate surface area is 168 Å². The summed E-state index contributed by atoms with van der Waals surface area (Å²) in [5, 5.41) is 5.47. The Balaban J connectivity index is 1.90. The molecule has 1 unspecified atom stereocenters. The van der Waals surface area contributed by atoms with Crippen molar-refractivity contribution in [2.75, 3.05) is 45.3 Å². The van der Waals surface area contributed by atoms with Crippen LogP contribution in [-0.2, 0) is 4.79 Å². The summed E-state index contributed by atoms with van der Waals surface area (Å²) in [4.78, 5) is 26.1. The minimum atomic E-state index is -0.376. The lowest BCUT2D eigenvalue weighted by Gasteiger charge is -2.23. The lowest BCUT2D eigenvalue weighted by atomic mass is 10.1. The molecule has 1 aromatic rings. The number of thioether (sulfide) groups is 1. The van der Waals surface area contributed by atoms with Crippen LogP contribution in [0, 0.1) is 0 Å². The van der Waals surface area contributed by atoms with Crippen LogP contribution in [0.3, 0.4) is 0 Å². The molecule has 2 aliphatic heterocycles. The highest BCUT2D eigenvalue weighted by Crippen LogP contribution is 2.39. The Bertz CT molecular complexity index is 783. The summed E-state index contributed by atoms with van der Waals surface area (Å²) in [6.45, 7) is 3.30. The Morgan fingerprint density at radius 3 is 2.71 bits per heavy atom. The van der Waals surface area contributed by atoms with Gasteiger partial charge in [-0.25, -0.2) is 0 Å². The van der Waals surface area contributed by atoms with Crippen molar-refractivity contribution in [3.05, 3.63) is 22.6 Å². The zero-order chi connectivity index (χ0) is 20.1. The van der Waals surface area contributed by atoms with Crippen molar-refractivity contribution in [2.24, 2.45) is 5.73 Å². The van der Waals surface area contributed by atoms with Crippen LogP contribution in [-0.4, -0.2) is 57.6 Å². The van der Waals surface area contributed by atoms with Gasteiger partial charge in [0.2, 0.25) is 0 Å². The van der Waals surface area contributed by atoms with Crippen LogP contribution in [0.1, 0.15) is 18.4 Å². The highest BCUT2D eigenvalue weighted by atomic mass is 32.2. The van der Waals surface area contributed by atoms with Crippen LogP contribution in [0.25, 0.3) is 6.08 Å². The van der Waals surface area contributed by atoms with Gasteiger partial charge in [-0.2, -0.15) is 0 Å². The minimum absolute atomic E-state index is 0.358. The minimum Gasteiger partial charge on any atom is -0.493 e. The molecule has 0 radical (unpaired) electrons. The number of hydrogen-bond acceptors (Lipinski definition) is 8. The lowest BCUT2D eigenvalue weighted by molar-refractivity contribution is -0.115. The Hall–Kier alpha value is -2.23. The monoisotopic (exact) mass is 406 g/mol. The van der Waals surface area contributed by atoms with Gasteiger partial charge in [0.05, 0.1) is 19.1 Å². The summed E-state index contributed by atoms with van der Waals surface area (Å²) in [6.07, 6.45) is 3.70. The summed E-state index contributed by atoms with van der Waals surface area (Å²) in [6, 6.07) is 4.14. The largest absolute Gasteiger partial charge is 0.493 e. The van der Waals surface area contributed by atoms with Crippen molar-refractivity contribution < 1.29 is 19.1 Å². The molecule has 0 spiro atoms. The predicted molar refractivity (Wildman–Crippen MR) is 111 cm³/mol. The van der Waals surface area contributed by atoms with E-state index in [9.17, 15) is 9.59 Å². The van der Waals surface area contributed by atoms with E-state index in [0.717, 1.165) is 55.5 Å². The third-order valence-corrected chi connectivity index (χ3v) is 5.61. The van der Waals surface area contributed by atoms with Gasteiger partial charge in [-0.15, -0.1) is 0 Å². The maximum absolute atomic E-state index is 12.0. The van der Waals surface area contributed by atoms with Crippen LogP contribution in [0.15, 0.2) is 17.0 Å². The number of hydrogen-bond donors (Lipinski definition) is 3. The Morgan fingerprint density at radius 1 is 1.32 bits per heavy atom. The van der Waals surface area contributed by atoms with E-state index in [1.54, 1.807) is 20.3 Å². The first-order chi connectivity index (χ1) is 13.5. The fourth-order valence-corrected chi connectivity index (χ4v) is 4.06. The number of anilines is 1. The number of methoxy groups -OCH3 is 2. The zero-order valence-electron chi connectivity index (χ0n) is 16.1. The van der Waals surface area contributed by atoms with E-state index >= 15 is 0 Å². The number of carbonyl (C=O) groups excluding carboxylic acids is 2. The average Bonchev–Trinajstić information content (AvgIpc) is 3.27. The number of nitrogens with two attached hydrogens (primary N) is 1. The molecule has 2 aliphatic rings. The van der Waals surface area contributed by atoms with Crippen molar-refractivity contribution in [3.8, 4) is 11.5 Å². The molecular weight excluding hydrogens is 380 g/mol. The normalized spacial score (nSPS) is 20.8. The van der Waals surface area contributed by atoms with E-state index in [1.807, 2.05) is 12.1 Å². The quantitative estimate of drug-likeness (QED) is 0.441. The number of amides is 2. The number of rotatable bonds is 8. The molecule has 2 fully saturated rings. The van der Waals surface area contributed by atoms with Crippen molar-refractivity contribution >= 4 is 34.7 Å². The second-order valence-electron chi connectivity index (χ2n) is 6.65. The molecule has 28 heavy (non-hydrogen) atoms. The smallest absolute Gasteiger partial charge is 0.290 e. The molecule has 0 bridgehead atoms.